The molecule has 98 valence electrons. The van der Waals surface area contributed by atoms with Gasteiger partial charge in [-0.25, -0.2) is 4.39 Å². The second kappa shape index (κ2) is 15.1. The molecule has 0 saturated heterocycles. The summed E-state index contributed by atoms with van der Waals surface area (Å²) in [6.45, 7) is 6.25. The first-order valence-electron chi connectivity index (χ1n) is 5.79. The van der Waals surface area contributed by atoms with Crippen LogP contribution in [0, 0.1) is 5.41 Å². The fraction of sp³-hybridized carbons (Fsp3) is 0.462. The molecule has 0 radical (unpaired) electrons. The summed E-state index contributed by atoms with van der Waals surface area (Å²) in [5.41, 5.74) is 5.17. The Hall–Kier alpha value is -0.870. The molecule has 0 aromatic rings. The van der Waals surface area contributed by atoms with E-state index < -0.39 is 0 Å². The third kappa shape index (κ3) is 13.1. The molecule has 0 heterocycles. The summed E-state index contributed by atoms with van der Waals surface area (Å²) in [5.74, 6) is -0.00650. The molecule has 0 aromatic heterocycles. The Kier molecular flexibility index (Phi) is 16.5. The van der Waals surface area contributed by atoms with E-state index in [0.29, 0.717) is 0 Å². The Labute approximate surface area is 108 Å². The number of hydrogen-bond acceptors (Lipinski definition) is 3. The van der Waals surface area contributed by atoms with Gasteiger partial charge in [0.1, 0.15) is 5.83 Å². The summed E-state index contributed by atoms with van der Waals surface area (Å²) in [6.07, 6.45) is 9.18. The zero-order chi connectivity index (χ0) is 13.5. The average molecular weight is 258 g/mol. The van der Waals surface area contributed by atoms with E-state index in [1.807, 2.05) is 32.9 Å². The fourth-order valence-corrected chi connectivity index (χ4v) is 1.46. The zero-order valence-electron chi connectivity index (χ0n) is 10.9. The van der Waals surface area contributed by atoms with Crippen LogP contribution in [-0.4, -0.2) is 18.5 Å². The Balaban J connectivity index is 0. The third-order valence-corrected chi connectivity index (χ3v) is 2.50. The van der Waals surface area contributed by atoms with Gasteiger partial charge in [0, 0.05) is 23.4 Å². The molecule has 0 saturated carbocycles. The lowest BCUT2D eigenvalue weighted by Crippen LogP contribution is -1.95. The van der Waals surface area contributed by atoms with Crippen molar-refractivity contribution < 1.29 is 4.39 Å². The van der Waals surface area contributed by atoms with Gasteiger partial charge in [-0.3, -0.25) is 0 Å². The van der Waals surface area contributed by atoms with Crippen molar-refractivity contribution in [3.8, 4) is 0 Å². The van der Waals surface area contributed by atoms with Crippen molar-refractivity contribution in [1.29, 1.82) is 5.41 Å². The predicted octanol–water partition coefficient (Wildman–Crippen LogP) is 4.06. The summed E-state index contributed by atoms with van der Waals surface area (Å²) < 4.78 is 12.9. The molecule has 0 atom stereocenters. The average Bonchev–Trinajstić information content (AvgIpc) is 2.36. The van der Waals surface area contributed by atoms with Crippen molar-refractivity contribution >= 4 is 18.0 Å². The fourth-order valence-electron chi connectivity index (χ4n) is 0.776. The molecule has 0 fully saturated rings. The highest BCUT2D eigenvalue weighted by Gasteiger charge is 1.97. The van der Waals surface area contributed by atoms with E-state index in [4.69, 9.17) is 11.1 Å². The van der Waals surface area contributed by atoms with Crippen molar-refractivity contribution in [3.63, 3.8) is 0 Å². The van der Waals surface area contributed by atoms with E-state index >= 15 is 0 Å². The van der Waals surface area contributed by atoms with Crippen LogP contribution in [0.2, 0.25) is 0 Å². The molecular weight excluding hydrogens is 235 g/mol. The molecule has 3 N–H and O–H groups in total. The maximum Gasteiger partial charge on any atom is 0.107 e. The van der Waals surface area contributed by atoms with Crippen LogP contribution in [0.5, 0.6) is 0 Å². The van der Waals surface area contributed by atoms with E-state index in [1.165, 1.54) is 24.1 Å². The predicted molar refractivity (Wildman–Crippen MR) is 78.3 cm³/mol. The molecule has 0 aliphatic heterocycles. The van der Waals surface area contributed by atoms with E-state index in [0.717, 1.165) is 11.3 Å². The van der Waals surface area contributed by atoms with Crippen LogP contribution < -0.4 is 5.73 Å². The first-order chi connectivity index (χ1) is 8.24. The van der Waals surface area contributed by atoms with Crippen LogP contribution in [0.4, 0.5) is 4.39 Å². The normalized spacial score (nSPS) is 12.3. The molecule has 17 heavy (non-hydrogen) atoms. The number of nitrogens with two attached hydrogens (primary N) is 1. The Morgan fingerprint density at radius 1 is 1.41 bits per heavy atom. The first kappa shape index (κ1) is 18.5. The van der Waals surface area contributed by atoms with Crippen molar-refractivity contribution in [2.45, 2.75) is 27.2 Å². The van der Waals surface area contributed by atoms with Gasteiger partial charge in [0.2, 0.25) is 0 Å². The van der Waals surface area contributed by atoms with Gasteiger partial charge >= 0.3 is 0 Å². The quantitative estimate of drug-likeness (QED) is 0.534. The molecule has 0 aliphatic carbocycles. The van der Waals surface area contributed by atoms with Crippen molar-refractivity contribution in [2.24, 2.45) is 5.73 Å². The van der Waals surface area contributed by atoms with Crippen molar-refractivity contribution in [2.75, 3.05) is 12.3 Å². The van der Waals surface area contributed by atoms with Crippen LogP contribution in [0.3, 0.4) is 0 Å². The lowest BCUT2D eigenvalue weighted by Gasteiger charge is -1.98. The standard InChI is InChI=1S/C11H17FN2S.C2H6/c1-2-3-4-5-11(8-14)15-9-10(12)6-7-13;1-2/h3-6,8,14H,2,7,9,13H2,1H3;1-2H3/b4-3-,10-6-,11-5+,14-8?;. The van der Waals surface area contributed by atoms with Gasteiger partial charge in [0.15, 0.2) is 0 Å². The van der Waals surface area contributed by atoms with Gasteiger partial charge in [-0.15, -0.1) is 11.8 Å². The highest BCUT2D eigenvalue weighted by atomic mass is 32.2. The Morgan fingerprint density at radius 3 is 2.53 bits per heavy atom. The molecular formula is C13H23FN2S. The minimum atomic E-state index is -0.241. The number of thioether (sulfide) groups is 1. The number of hydrogen-bond donors (Lipinski definition) is 2. The summed E-state index contributed by atoms with van der Waals surface area (Å²) >= 11 is 1.29. The lowest BCUT2D eigenvalue weighted by molar-refractivity contribution is 0.640. The summed E-state index contributed by atoms with van der Waals surface area (Å²) in [4.78, 5) is 0.736. The number of allylic oxidation sites excluding steroid dienone is 4. The van der Waals surface area contributed by atoms with Crippen LogP contribution in [0.15, 0.2) is 35.0 Å². The summed E-state index contributed by atoms with van der Waals surface area (Å²) in [6, 6.07) is 0. The van der Waals surface area contributed by atoms with Gasteiger partial charge < -0.3 is 11.1 Å². The minimum Gasteiger partial charge on any atom is -0.327 e. The van der Waals surface area contributed by atoms with Gasteiger partial charge in [-0.05, 0) is 18.6 Å². The van der Waals surface area contributed by atoms with Gasteiger partial charge in [-0.1, -0.05) is 32.9 Å². The van der Waals surface area contributed by atoms with E-state index in [2.05, 4.69) is 0 Å². The molecule has 0 rings (SSSR count). The summed E-state index contributed by atoms with van der Waals surface area (Å²) in [5, 5.41) is 7.13. The minimum absolute atomic E-state index is 0.214. The Morgan fingerprint density at radius 2 is 2.06 bits per heavy atom. The van der Waals surface area contributed by atoms with E-state index in [9.17, 15) is 4.39 Å². The molecule has 0 unspecified atom stereocenters. The second-order valence-electron chi connectivity index (χ2n) is 2.73. The van der Waals surface area contributed by atoms with E-state index in [1.54, 1.807) is 6.08 Å². The summed E-state index contributed by atoms with van der Waals surface area (Å²) in [7, 11) is 0. The van der Waals surface area contributed by atoms with Crippen molar-refractivity contribution in [3.05, 3.63) is 35.0 Å². The van der Waals surface area contributed by atoms with Crippen LogP contribution in [0.25, 0.3) is 0 Å². The monoisotopic (exact) mass is 258 g/mol. The van der Waals surface area contributed by atoms with E-state index in [-0.39, 0.29) is 18.1 Å². The molecule has 0 bridgehead atoms. The second-order valence-corrected chi connectivity index (χ2v) is 3.77. The third-order valence-electron chi connectivity index (χ3n) is 1.49. The number of rotatable bonds is 7. The smallest absolute Gasteiger partial charge is 0.107 e. The maximum absolute atomic E-state index is 12.9. The van der Waals surface area contributed by atoms with Crippen LogP contribution in [-0.2, 0) is 0 Å². The van der Waals surface area contributed by atoms with Crippen LogP contribution in [0.1, 0.15) is 27.2 Å². The molecule has 0 aliphatic rings. The van der Waals surface area contributed by atoms with Crippen molar-refractivity contribution in [1.82, 2.24) is 0 Å². The molecule has 0 spiro atoms. The maximum atomic E-state index is 12.9. The lowest BCUT2D eigenvalue weighted by atomic mass is 10.4. The highest BCUT2D eigenvalue weighted by Crippen LogP contribution is 2.17. The Bertz CT molecular complexity index is 271. The topological polar surface area (TPSA) is 49.9 Å². The molecule has 4 heteroatoms. The largest absolute Gasteiger partial charge is 0.327 e. The molecule has 0 amide bonds. The zero-order valence-corrected chi connectivity index (χ0v) is 11.7. The number of nitrogens with one attached hydrogen (secondary N) is 1. The molecule has 0 aromatic carbocycles. The molecule has 2 nitrogen and oxygen atoms in total. The number of halogens is 1. The first-order valence-corrected chi connectivity index (χ1v) is 6.77. The SMILES string of the molecule is CC.CC/C=C\C=C(/C=N)SC/C(F)=C/CN. The van der Waals surface area contributed by atoms with Gasteiger partial charge in [0.25, 0.3) is 0 Å². The van der Waals surface area contributed by atoms with Gasteiger partial charge in [0.05, 0.1) is 0 Å². The van der Waals surface area contributed by atoms with Gasteiger partial charge in [-0.2, -0.15) is 0 Å². The highest BCUT2D eigenvalue weighted by molar-refractivity contribution is 8.04. The van der Waals surface area contributed by atoms with Crippen LogP contribution >= 0.6 is 11.8 Å².